The second kappa shape index (κ2) is 4.41. The molecule has 1 aliphatic carbocycles. The van der Waals surface area contributed by atoms with E-state index in [1.165, 1.54) is 11.1 Å². The van der Waals surface area contributed by atoms with Crippen LogP contribution in [0.2, 0.25) is 0 Å². The van der Waals surface area contributed by atoms with Crippen molar-refractivity contribution in [2.24, 2.45) is 0 Å². The molecule has 0 N–H and O–H groups in total. The molecule has 1 saturated heterocycles. The van der Waals surface area contributed by atoms with Gasteiger partial charge in [-0.05, 0) is 67.7 Å². The van der Waals surface area contributed by atoms with Crippen LogP contribution in [0.5, 0.6) is 0 Å². The highest BCUT2D eigenvalue weighted by molar-refractivity contribution is 5.41. The number of halogens is 1. The zero-order valence-corrected chi connectivity index (χ0v) is 10.3. The Morgan fingerprint density at radius 2 is 2.06 bits per heavy atom. The summed E-state index contributed by atoms with van der Waals surface area (Å²) in [6, 6.07) is 3.68. The van der Waals surface area contributed by atoms with Gasteiger partial charge in [-0.2, -0.15) is 0 Å². The minimum Gasteiger partial charge on any atom is -0.378 e. The number of rotatable bonds is 1. The van der Waals surface area contributed by atoms with Crippen molar-refractivity contribution >= 4 is 0 Å². The Morgan fingerprint density at radius 1 is 1.24 bits per heavy atom. The Kier molecular flexibility index (Phi) is 2.91. The van der Waals surface area contributed by atoms with Crippen LogP contribution < -0.4 is 0 Å². The summed E-state index contributed by atoms with van der Waals surface area (Å²) >= 11 is 0. The molecule has 0 radical (unpaired) electrons. The molecule has 1 fully saturated rings. The highest BCUT2D eigenvalue weighted by atomic mass is 19.1. The standard InChI is InChI=1S/C15H19FO/c1-10-9-11(7-8-17-10)12-5-6-15(16)14-4-2-3-13(12)14/h5-6,10-11H,2-4,7-9H2,1H3. The van der Waals surface area contributed by atoms with E-state index < -0.39 is 0 Å². The van der Waals surface area contributed by atoms with Crippen LogP contribution in [-0.4, -0.2) is 12.7 Å². The van der Waals surface area contributed by atoms with Crippen LogP contribution in [0, 0.1) is 5.82 Å². The number of ether oxygens (including phenoxy) is 1. The van der Waals surface area contributed by atoms with Gasteiger partial charge in [0.2, 0.25) is 0 Å². The van der Waals surface area contributed by atoms with E-state index in [9.17, 15) is 4.39 Å². The average molecular weight is 234 g/mol. The second-order valence-electron chi connectivity index (χ2n) is 5.35. The quantitative estimate of drug-likeness (QED) is 0.721. The van der Waals surface area contributed by atoms with E-state index in [1.54, 1.807) is 6.07 Å². The maximum absolute atomic E-state index is 13.7. The van der Waals surface area contributed by atoms with Crippen molar-refractivity contribution in [2.45, 2.75) is 51.0 Å². The Balaban J connectivity index is 1.95. The smallest absolute Gasteiger partial charge is 0.126 e. The lowest BCUT2D eigenvalue weighted by Gasteiger charge is -2.29. The summed E-state index contributed by atoms with van der Waals surface area (Å²) in [5.41, 5.74) is 3.69. The van der Waals surface area contributed by atoms with E-state index in [4.69, 9.17) is 4.74 Å². The van der Waals surface area contributed by atoms with Gasteiger partial charge in [-0.1, -0.05) is 6.07 Å². The van der Waals surface area contributed by atoms with Crippen molar-refractivity contribution in [2.75, 3.05) is 6.61 Å². The summed E-state index contributed by atoms with van der Waals surface area (Å²) in [5.74, 6) is 0.576. The van der Waals surface area contributed by atoms with E-state index in [-0.39, 0.29) is 5.82 Å². The van der Waals surface area contributed by atoms with E-state index in [0.717, 1.165) is 44.3 Å². The van der Waals surface area contributed by atoms with Crippen LogP contribution in [0.3, 0.4) is 0 Å². The largest absolute Gasteiger partial charge is 0.378 e. The van der Waals surface area contributed by atoms with Crippen molar-refractivity contribution in [1.82, 2.24) is 0 Å². The molecule has 0 aromatic heterocycles. The molecular formula is C15H19FO. The predicted molar refractivity (Wildman–Crippen MR) is 65.8 cm³/mol. The fourth-order valence-corrected chi connectivity index (χ4v) is 3.35. The molecule has 17 heavy (non-hydrogen) atoms. The van der Waals surface area contributed by atoms with Crippen LogP contribution in [0.4, 0.5) is 4.39 Å². The van der Waals surface area contributed by atoms with E-state index >= 15 is 0 Å². The Morgan fingerprint density at radius 3 is 2.88 bits per heavy atom. The van der Waals surface area contributed by atoms with Crippen LogP contribution in [-0.2, 0) is 17.6 Å². The van der Waals surface area contributed by atoms with Gasteiger partial charge >= 0.3 is 0 Å². The number of hydrogen-bond donors (Lipinski definition) is 0. The van der Waals surface area contributed by atoms with E-state index in [2.05, 4.69) is 6.92 Å². The summed E-state index contributed by atoms with van der Waals surface area (Å²) in [4.78, 5) is 0. The van der Waals surface area contributed by atoms with E-state index in [0.29, 0.717) is 12.0 Å². The predicted octanol–water partition coefficient (Wildman–Crippen LogP) is 3.60. The van der Waals surface area contributed by atoms with Gasteiger partial charge in [-0.3, -0.25) is 0 Å². The SMILES string of the molecule is CC1CC(c2ccc(F)c3c2CCC3)CCO1. The molecule has 1 nitrogen and oxygen atoms in total. The molecule has 1 heterocycles. The van der Waals surface area contributed by atoms with Crippen molar-refractivity contribution in [3.8, 4) is 0 Å². The summed E-state index contributed by atoms with van der Waals surface area (Å²) in [6.07, 6.45) is 5.61. The third-order valence-corrected chi connectivity index (χ3v) is 4.19. The van der Waals surface area contributed by atoms with Gasteiger partial charge in [0, 0.05) is 6.61 Å². The van der Waals surface area contributed by atoms with Gasteiger partial charge in [0.25, 0.3) is 0 Å². The van der Waals surface area contributed by atoms with Gasteiger partial charge in [-0.15, -0.1) is 0 Å². The molecule has 3 rings (SSSR count). The molecule has 1 aromatic rings. The van der Waals surface area contributed by atoms with Gasteiger partial charge in [0.15, 0.2) is 0 Å². The molecule has 1 aromatic carbocycles. The summed E-state index contributed by atoms with van der Waals surface area (Å²) in [7, 11) is 0. The molecule has 2 unspecified atom stereocenters. The summed E-state index contributed by atoms with van der Waals surface area (Å²) in [5, 5.41) is 0. The zero-order chi connectivity index (χ0) is 11.8. The molecule has 2 aliphatic rings. The third-order valence-electron chi connectivity index (χ3n) is 4.19. The summed E-state index contributed by atoms with van der Waals surface area (Å²) < 4.78 is 19.3. The fourth-order valence-electron chi connectivity index (χ4n) is 3.35. The number of fused-ring (bicyclic) bond motifs is 1. The molecule has 2 heteroatoms. The number of hydrogen-bond acceptors (Lipinski definition) is 1. The average Bonchev–Trinajstić information content (AvgIpc) is 2.79. The van der Waals surface area contributed by atoms with Crippen molar-refractivity contribution in [3.05, 3.63) is 34.6 Å². The first-order chi connectivity index (χ1) is 8.25. The Bertz CT molecular complexity index is 427. The monoisotopic (exact) mass is 234 g/mol. The van der Waals surface area contributed by atoms with Crippen LogP contribution in [0.25, 0.3) is 0 Å². The fraction of sp³-hybridized carbons (Fsp3) is 0.600. The van der Waals surface area contributed by atoms with Gasteiger partial charge in [-0.25, -0.2) is 4.39 Å². The lowest BCUT2D eigenvalue weighted by Crippen LogP contribution is -2.22. The first kappa shape index (κ1) is 11.2. The number of benzene rings is 1. The van der Waals surface area contributed by atoms with Crippen molar-refractivity contribution in [3.63, 3.8) is 0 Å². The maximum Gasteiger partial charge on any atom is 0.126 e. The minimum absolute atomic E-state index is 0.00126. The van der Waals surface area contributed by atoms with E-state index in [1.807, 2.05) is 6.07 Å². The summed E-state index contributed by atoms with van der Waals surface area (Å²) in [6.45, 7) is 2.98. The van der Waals surface area contributed by atoms with Crippen LogP contribution in [0.1, 0.15) is 48.8 Å². The zero-order valence-electron chi connectivity index (χ0n) is 10.3. The Labute approximate surface area is 102 Å². The molecule has 0 amide bonds. The highest BCUT2D eigenvalue weighted by Gasteiger charge is 2.26. The first-order valence-corrected chi connectivity index (χ1v) is 6.67. The van der Waals surface area contributed by atoms with Gasteiger partial charge < -0.3 is 4.74 Å². The van der Waals surface area contributed by atoms with Crippen molar-refractivity contribution in [1.29, 1.82) is 0 Å². The lowest BCUT2D eigenvalue weighted by atomic mass is 9.85. The topological polar surface area (TPSA) is 9.23 Å². The molecule has 1 aliphatic heterocycles. The van der Waals surface area contributed by atoms with Crippen molar-refractivity contribution < 1.29 is 9.13 Å². The third kappa shape index (κ3) is 1.99. The molecular weight excluding hydrogens is 215 g/mol. The highest BCUT2D eigenvalue weighted by Crippen LogP contribution is 2.37. The van der Waals surface area contributed by atoms with Crippen LogP contribution in [0.15, 0.2) is 12.1 Å². The molecule has 0 saturated carbocycles. The lowest BCUT2D eigenvalue weighted by molar-refractivity contribution is 0.0185. The van der Waals surface area contributed by atoms with Gasteiger partial charge in [0.1, 0.15) is 5.82 Å². The normalized spacial score (nSPS) is 28.1. The minimum atomic E-state index is 0.00126. The molecule has 0 bridgehead atoms. The van der Waals surface area contributed by atoms with Crippen LogP contribution >= 0.6 is 0 Å². The van der Waals surface area contributed by atoms with Gasteiger partial charge in [0.05, 0.1) is 6.10 Å². The maximum atomic E-state index is 13.7. The first-order valence-electron chi connectivity index (χ1n) is 6.67. The molecule has 92 valence electrons. The second-order valence-corrected chi connectivity index (χ2v) is 5.35. The Hall–Kier alpha value is -0.890. The molecule has 0 spiro atoms. The molecule has 2 atom stereocenters.